The molecule has 0 spiro atoms. The van der Waals surface area contributed by atoms with Crippen LogP contribution in [0.5, 0.6) is 11.5 Å². The van der Waals surface area contributed by atoms with E-state index in [1.165, 1.54) is 0 Å². The highest BCUT2D eigenvalue weighted by atomic mass is 16.6. The van der Waals surface area contributed by atoms with Crippen molar-refractivity contribution in [2.75, 3.05) is 39.5 Å². The predicted molar refractivity (Wildman–Crippen MR) is 73.9 cm³/mol. The van der Waals surface area contributed by atoms with Gasteiger partial charge in [0, 0.05) is 19.2 Å². The van der Waals surface area contributed by atoms with E-state index in [4.69, 9.17) is 14.2 Å². The zero-order valence-electron chi connectivity index (χ0n) is 11.2. The molecule has 0 unspecified atom stereocenters. The Balaban J connectivity index is 1.67. The van der Waals surface area contributed by atoms with Crippen molar-refractivity contribution in [3.8, 4) is 11.5 Å². The molecule has 20 heavy (non-hydrogen) atoms. The summed E-state index contributed by atoms with van der Waals surface area (Å²) >= 11 is 0. The van der Waals surface area contributed by atoms with E-state index in [-0.39, 0.29) is 5.91 Å². The molecule has 2 aliphatic heterocycles. The molecule has 0 N–H and O–H groups in total. The Kier molecular flexibility index (Phi) is 3.87. The van der Waals surface area contributed by atoms with Crippen LogP contribution in [0.1, 0.15) is 5.56 Å². The maximum Gasteiger partial charge on any atom is 0.246 e. The van der Waals surface area contributed by atoms with Crippen LogP contribution in [0, 0.1) is 0 Å². The average molecular weight is 275 g/mol. The molecule has 0 radical (unpaired) electrons. The largest absolute Gasteiger partial charge is 0.486 e. The number of benzene rings is 1. The molecule has 0 bridgehead atoms. The second-order valence-electron chi connectivity index (χ2n) is 4.67. The van der Waals surface area contributed by atoms with E-state index < -0.39 is 0 Å². The maximum absolute atomic E-state index is 12.0. The normalized spacial score (nSPS) is 18.3. The lowest BCUT2D eigenvalue weighted by Gasteiger charge is -2.25. The number of fused-ring (bicyclic) bond motifs is 1. The van der Waals surface area contributed by atoms with Crippen LogP contribution >= 0.6 is 0 Å². The first kappa shape index (κ1) is 13.0. The molecule has 1 amide bonds. The van der Waals surface area contributed by atoms with Crippen LogP contribution in [-0.4, -0.2) is 50.3 Å². The highest BCUT2D eigenvalue weighted by Crippen LogP contribution is 2.31. The Labute approximate surface area is 117 Å². The fourth-order valence-electron chi connectivity index (χ4n) is 2.22. The lowest BCUT2D eigenvalue weighted by molar-refractivity contribution is -0.129. The van der Waals surface area contributed by atoms with Crippen molar-refractivity contribution in [3.05, 3.63) is 29.8 Å². The molecular formula is C15H17NO4. The number of carbonyl (C=O) groups excluding carboxylic acids is 1. The molecule has 2 heterocycles. The van der Waals surface area contributed by atoms with Gasteiger partial charge in [0.2, 0.25) is 5.91 Å². The fourth-order valence-corrected chi connectivity index (χ4v) is 2.22. The van der Waals surface area contributed by atoms with Gasteiger partial charge < -0.3 is 19.1 Å². The molecule has 5 nitrogen and oxygen atoms in total. The molecule has 3 rings (SSSR count). The van der Waals surface area contributed by atoms with E-state index in [2.05, 4.69) is 0 Å². The summed E-state index contributed by atoms with van der Waals surface area (Å²) in [5, 5.41) is 0. The van der Waals surface area contributed by atoms with Crippen LogP contribution in [0.15, 0.2) is 24.3 Å². The first-order chi connectivity index (χ1) is 9.83. The molecule has 1 aromatic carbocycles. The molecular weight excluding hydrogens is 258 g/mol. The summed E-state index contributed by atoms with van der Waals surface area (Å²) in [4.78, 5) is 13.8. The summed E-state index contributed by atoms with van der Waals surface area (Å²) in [6, 6.07) is 5.67. The summed E-state index contributed by atoms with van der Waals surface area (Å²) in [5.41, 5.74) is 0.927. The average Bonchev–Trinajstić information content (AvgIpc) is 2.53. The first-order valence-electron chi connectivity index (χ1n) is 6.77. The smallest absolute Gasteiger partial charge is 0.246 e. The zero-order chi connectivity index (χ0) is 13.8. The van der Waals surface area contributed by atoms with Crippen molar-refractivity contribution in [1.29, 1.82) is 0 Å². The quantitative estimate of drug-likeness (QED) is 0.764. The Morgan fingerprint density at radius 2 is 1.80 bits per heavy atom. The molecule has 5 heteroatoms. The van der Waals surface area contributed by atoms with E-state index in [0.717, 1.165) is 17.1 Å². The number of hydrogen-bond acceptors (Lipinski definition) is 4. The van der Waals surface area contributed by atoms with Crippen LogP contribution in [0.3, 0.4) is 0 Å². The van der Waals surface area contributed by atoms with Crippen LogP contribution in [0.4, 0.5) is 0 Å². The van der Waals surface area contributed by atoms with E-state index in [1.54, 1.807) is 17.1 Å². The summed E-state index contributed by atoms with van der Waals surface area (Å²) in [6.07, 6.45) is 3.40. The highest BCUT2D eigenvalue weighted by Gasteiger charge is 2.14. The highest BCUT2D eigenvalue weighted by molar-refractivity contribution is 5.91. The standard InChI is InChI=1S/C15H17NO4/c17-15(16-5-7-18-8-6-16)4-2-12-1-3-13-14(11-12)20-10-9-19-13/h1-4,11H,5-10H2/b4-2+. The molecule has 0 saturated carbocycles. The number of hydrogen-bond donors (Lipinski definition) is 0. The van der Waals surface area contributed by atoms with Crippen LogP contribution in [0.25, 0.3) is 6.08 Å². The third kappa shape index (κ3) is 2.93. The molecule has 1 fully saturated rings. The van der Waals surface area contributed by atoms with Gasteiger partial charge in [0.15, 0.2) is 11.5 Å². The van der Waals surface area contributed by atoms with Crippen molar-refractivity contribution in [2.24, 2.45) is 0 Å². The summed E-state index contributed by atoms with van der Waals surface area (Å²) in [6.45, 7) is 3.69. The van der Waals surface area contributed by atoms with Gasteiger partial charge in [-0.25, -0.2) is 0 Å². The zero-order valence-corrected chi connectivity index (χ0v) is 11.2. The summed E-state index contributed by atoms with van der Waals surface area (Å²) in [7, 11) is 0. The number of ether oxygens (including phenoxy) is 3. The fraction of sp³-hybridized carbons (Fsp3) is 0.400. The number of morpholine rings is 1. The third-order valence-corrected chi connectivity index (χ3v) is 3.31. The van der Waals surface area contributed by atoms with Crippen molar-refractivity contribution in [3.63, 3.8) is 0 Å². The minimum Gasteiger partial charge on any atom is -0.486 e. The van der Waals surface area contributed by atoms with E-state index in [1.807, 2.05) is 18.2 Å². The number of nitrogens with zero attached hydrogens (tertiary/aromatic N) is 1. The SMILES string of the molecule is O=C(/C=C/c1ccc2c(c1)OCCO2)N1CCOCC1. The summed E-state index contributed by atoms with van der Waals surface area (Å²) < 4.78 is 16.2. The Hall–Kier alpha value is -2.01. The molecule has 0 aromatic heterocycles. The van der Waals surface area contributed by atoms with Gasteiger partial charge in [-0.15, -0.1) is 0 Å². The third-order valence-electron chi connectivity index (χ3n) is 3.31. The van der Waals surface area contributed by atoms with Crippen LogP contribution in [0.2, 0.25) is 0 Å². The molecule has 2 aliphatic rings. The lowest BCUT2D eigenvalue weighted by atomic mass is 10.1. The Morgan fingerprint density at radius 3 is 2.60 bits per heavy atom. The van der Waals surface area contributed by atoms with Crippen molar-refractivity contribution >= 4 is 12.0 Å². The van der Waals surface area contributed by atoms with Gasteiger partial charge in [-0.05, 0) is 23.8 Å². The van der Waals surface area contributed by atoms with E-state index in [0.29, 0.717) is 39.5 Å². The monoisotopic (exact) mass is 275 g/mol. The maximum atomic E-state index is 12.0. The second kappa shape index (κ2) is 5.96. The Morgan fingerprint density at radius 1 is 1.05 bits per heavy atom. The minimum atomic E-state index is 0.0168. The number of carbonyl (C=O) groups is 1. The van der Waals surface area contributed by atoms with Gasteiger partial charge in [-0.1, -0.05) is 6.07 Å². The van der Waals surface area contributed by atoms with Gasteiger partial charge in [-0.3, -0.25) is 4.79 Å². The number of rotatable bonds is 2. The molecule has 1 saturated heterocycles. The predicted octanol–water partition coefficient (Wildman–Crippen LogP) is 1.33. The molecule has 1 aromatic rings. The Bertz CT molecular complexity index is 521. The molecule has 0 aliphatic carbocycles. The topological polar surface area (TPSA) is 48.0 Å². The lowest BCUT2D eigenvalue weighted by Crippen LogP contribution is -2.39. The minimum absolute atomic E-state index is 0.0168. The van der Waals surface area contributed by atoms with Crippen LogP contribution < -0.4 is 9.47 Å². The van der Waals surface area contributed by atoms with Crippen molar-refractivity contribution in [1.82, 2.24) is 4.90 Å². The van der Waals surface area contributed by atoms with Gasteiger partial charge >= 0.3 is 0 Å². The molecule has 106 valence electrons. The van der Waals surface area contributed by atoms with Crippen molar-refractivity contribution in [2.45, 2.75) is 0 Å². The van der Waals surface area contributed by atoms with E-state index in [9.17, 15) is 4.79 Å². The molecule has 0 atom stereocenters. The first-order valence-corrected chi connectivity index (χ1v) is 6.77. The van der Waals surface area contributed by atoms with E-state index >= 15 is 0 Å². The van der Waals surface area contributed by atoms with Gasteiger partial charge in [0.1, 0.15) is 13.2 Å². The van der Waals surface area contributed by atoms with Crippen LogP contribution in [-0.2, 0) is 9.53 Å². The summed E-state index contributed by atoms with van der Waals surface area (Å²) in [5.74, 6) is 1.51. The second-order valence-corrected chi connectivity index (χ2v) is 4.67. The van der Waals surface area contributed by atoms with Gasteiger partial charge in [-0.2, -0.15) is 0 Å². The van der Waals surface area contributed by atoms with Gasteiger partial charge in [0.25, 0.3) is 0 Å². The van der Waals surface area contributed by atoms with Gasteiger partial charge in [0.05, 0.1) is 13.2 Å². The number of amides is 1. The van der Waals surface area contributed by atoms with Crippen molar-refractivity contribution < 1.29 is 19.0 Å².